The second-order valence-electron chi connectivity index (χ2n) is 9.76. The summed E-state index contributed by atoms with van der Waals surface area (Å²) in [4.78, 5) is 13.7. The van der Waals surface area contributed by atoms with Crippen molar-refractivity contribution in [3.63, 3.8) is 0 Å². The number of hydrogen-bond donors (Lipinski definition) is 0. The van der Waals surface area contributed by atoms with Crippen LogP contribution in [0.1, 0.15) is 12.5 Å². The standard InChI is InChI=1S/C30H28FN4Si.Ir/c1-5-23-24(26-13-6-8-15-32-26)20-25(27-14-7-9-16-33-27)28(31)29(23)35-18-17-34-30(35)21-11-10-12-22(19-21)36(2,3)4;/h6-10,12-20H,5H2,1-4H3;/q-1;. The Hall–Kier alpha value is -3.25. The number of benzene rings is 2. The molecule has 5 rings (SSSR count). The number of rotatable bonds is 6. The van der Waals surface area contributed by atoms with Gasteiger partial charge in [-0.1, -0.05) is 38.7 Å². The first-order valence-electron chi connectivity index (χ1n) is 12.1. The van der Waals surface area contributed by atoms with Crippen LogP contribution in [0.4, 0.5) is 4.39 Å². The van der Waals surface area contributed by atoms with Gasteiger partial charge in [-0.3, -0.25) is 15.0 Å². The van der Waals surface area contributed by atoms with Crippen LogP contribution in [0.2, 0.25) is 19.6 Å². The fourth-order valence-corrected chi connectivity index (χ4v) is 5.66. The van der Waals surface area contributed by atoms with E-state index in [1.54, 1.807) is 18.6 Å². The van der Waals surface area contributed by atoms with E-state index in [0.29, 0.717) is 29.2 Å². The molecule has 0 aliphatic carbocycles. The molecule has 189 valence electrons. The fraction of sp³-hybridized carbons (Fsp3) is 0.167. The quantitative estimate of drug-likeness (QED) is 0.148. The van der Waals surface area contributed by atoms with Crippen LogP contribution < -0.4 is 5.19 Å². The summed E-state index contributed by atoms with van der Waals surface area (Å²) in [6.45, 7) is 8.97. The minimum atomic E-state index is -1.56. The molecule has 0 saturated carbocycles. The number of halogens is 1. The van der Waals surface area contributed by atoms with Gasteiger partial charge in [0.1, 0.15) is 0 Å². The van der Waals surface area contributed by atoms with Gasteiger partial charge in [-0.15, -0.1) is 35.0 Å². The van der Waals surface area contributed by atoms with E-state index in [1.807, 2.05) is 66.2 Å². The van der Waals surface area contributed by atoms with Gasteiger partial charge in [-0.25, -0.2) is 4.39 Å². The first-order chi connectivity index (χ1) is 17.4. The molecule has 4 nitrogen and oxygen atoms in total. The summed E-state index contributed by atoms with van der Waals surface area (Å²) in [6, 6.07) is 22.8. The molecule has 0 N–H and O–H groups in total. The fourth-order valence-electron chi connectivity index (χ4n) is 4.50. The van der Waals surface area contributed by atoms with E-state index in [-0.39, 0.29) is 25.9 Å². The maximum atomic E-state index is 16.5. The summed E-state index contributed by atoms with van der Waals surface area (Å²) in [5, 5.41) is 1.30. The Labute approximate surface area is 232 Å². The molecule has 0 spiro atoms. The Morgan fingerprint density at radius 3 is 2.14 bits per heavy atom. The molecule has 0 amide bonds. The van der Waals surface area contributed by atoms with Gasteiger partial charge in [0.15, 0.2) is 5.82 Å². The van der Waals surface area contributed by atoms with Crippen molar-refractivity contribution >= 4 is 13.3 Å². The normalized spacial score (nSPS) is 11.3. The number of hydrogen-bond acceptors (Lipinski definition) is 3. The molecule has 0 bridgehead atoms. The molecular weight excluding hydrogens is 656 g/mol. The predicted molar refractivity (Wildman–Crippen MR) is 147 cm³/mol. The van der Waals surface area contributed by atoms with Crippen LogP contribution in [0.3, 0.4) is 0 Å². The number of pyridine rings is 2. The van der Waals surface area contributed by atoms with Gasteiger partial charge in [0.2, 0.25) is 0 Å². The van der Waals surface area contributed by atoms with Gasteiger partial charge in [0.05, 0.1) is 31.0 Å². The maximum absolute atomic E-state index is 16.5. The molecule has 0 atom stereocenters. The summed E-state index contributed by atoms with van der Waals surface area (Å²) in [5.74, 6) is 0.333. The SMILES string of the molecule is CCc1c(-c2ccccn2)cc(-c2ccccn2)c(F)c1-n1ccnc1-c1[c-]ccc([Si](C)(C)C)c1.[Ir]. The van der Waals surface area contributed by atoms with Crippen molar-refractivity contribution in [2.45, 2.75) is 33.0 Å². The second-order valence-corrected chi connectivity index (χ2v) is 14.8. The number of nitrogens with zero attached hydrogens (tertiary/aromatic N) is 4. The summed E-state index contributed by atoms with van der Waals surface area (Å²) in [5.41, 5.74) is 4.88. The maximum Gasteiger partial charge on any atom is 0.156 e. The van der Waals surface area contributed by atoms with Crippen molar-refractivity contribution in [3.05, 3.63) is 103 Å². The Balaban J connectivity index is 0.00000320. The molecule has 0 aliphatic heterocycles. The monoisotopic (exact) mass is 684 g/mol. The third-order valence-electron chi connectivity index (χ3n) is 6.37. The third kappa shape index (κ3) is 5.26. The summed E-state index contributed by atoms with van der Waals surface area (Å²) >= 11 is 0. The Bertz CT molecular complexity index is 1510. The van der Waals surface area contributed by atoms with E-state index >= 15 is 4.39 Å². The molecule has 0 aliphatic rings. The van der Waals surface area contributed by atoms with Crippen LogP contribution in [-0.2, 0) is 26.5 Å². The molecular formula is C30H28FIrN4Si-. The molecule has 0 saturated heterocycles. The molecule has 3 heterocycles. The van der Waals surface area contributed by atoms with Crippen LogP contribution in [-0.4, -0.2) is 27.6 Å². The average molecular weight is 684 g/mol. The number of aromatic nitrogens is 4. The van der Waals surface area contributed by atoms with E-state index in [2.05, 4.69) is 52.8 Å². The van der Waals surface area contributed by atoms with E-state index in [0.717, 1.165) is 22.4 Å². The van der Waals surface area contributed by atoms with Gasteiger partial charge >= 0.3 is 0 Å². The van der Waals surface area contributed by atoms with Crippen LogP contribution >= 0.6 is 0 Å². The van der Waals surface area contributed by atoms with E-state index in [1.165, 1.54) is 5.19 Å². The molecule has 7 heteroatoms. The zero-order valence-electron chi connectivity index (χ0n) is 21.3. The Morgan fingerprint density at radius 2 is 1.54 bits per heavy atom. The largest absolute Gasteiger partial charge is 0.337 e. The number of imidazole rings is 1. The topological polar surface area (TPSA) is 43.6 Å². The molecule has 2 aromatic carbocycles. The second kappa shape index (κ2) is 11.0. The molecule has 37 heavy (non-hydrogen) atoms. The minimum absolute atomic E-state index is 0. The van der Waals surface area contributed by atoms with Gasteiger partial charge in [-0.2, -0.15) is 0 Å². The van der Waals surface area contributed by atoms with E-state index in [9.17, 15) is 0 Å². The van der Waals surface area contributed by atoms with Gasteiger partial charge < -0.3 is 4.57 Å². The summed E-state index contributed by atoms with van der Waals surface area (Å²) < 4.78 is 18.4. The van der Waals surface area contributed by atoms with Gasteiger partial charge in [0, 0.05) is 56.0 Å². The Morgan fingerprint density at radius 1 is 0.865 bits per heavy atom. The third-order valence-corrected chi connectivity index (χ3v) is 8.41. The van der Waals surface area contributed by atoms with Crippen molar-refractivity contribution in [1.29, 1.82) is 0 Å². The van der Waals surface area contributed by atoms with Gasteiger partial charge in [0.25, 0.3) is 0 Å². The van der Waals surface area contributed by atoms with Crippen LogP contribution in [0.15, 0.2) is 85.5 Å². The molecule has 5 aromatic rings. The van der Waals surface area contributed by atoms with Crippen molar-refractivity contribution < 1.29 is 24.5 Å². The van der Waals surface area contributed by atoms with Crippen LogP contribution in [0, 0.1) is 11.9 Å². The van der Waals surface area contributed by atoms with Crippen LogP contribution in [0.5, 0.6) is 0 Å². The van der Waals surface area contributed by atoms with E-state index < -0.39 is 8.07 Å². The van der Waals surface area contributed by atoms with E-state index in [4.69, 9.17) is 0 Å². The molecule has 0 fully saturated rings. The van der Waals surface area contributed by atoms with Crippen molar-refractivity contribution in [2.75, 3.05) is 0 Å². The summed E-state index contributed by atoms with van der Waals surface area (Å²) in [6.07, 6.45) is 7.61. The predicted octanol–water partition coefficient (Wildman–Crippen LogP) is 6.71. The van der Waals surface area contributed by atoms with Crippen molar-refractivity contribution in [3.8, 4) is 39.6 Å². The smallest absolute Gasteiger partial charge is 0.156 e. The first-order valence-corrected chi connectivity index (χ1v) is 15.6. The first kappa shape index (κ1) is 26.8. The zero-order valence-corrected chi connectivity index (χ0v) is 24.7. The molecule has 0 unspecified atom stereocenters. The van der Waals surface area contributed by atoms with Crippen LogP contribution in [0.25, 0.3) is 39.6 Å². The zero-order chi connectivity index (χ0) is 25.3. The molecule has 3 aromatic heterocycles. The minimum Gasteiger partial charge on any atom is -0.337 e. The molecule has 1 radical (unpaired) electrons. The Kier molecular flexibility index (Phi) is 7.98. The van der Waals surface area contributed by atoms with Gasteiger partial charge in [-0.05, 0) is 42.3 Å². The average Bonchev–Trinajstić information content (AvgIpc) is 3.38. The van der Waals surface area contributed by atoms with Crippen molar-refractivity contribution in [2.24, 2.45) is 0 Å². The summed E-state index contributed by atoms with van der Waals surface area (Å²) in [7, 11) is -1.56. The van der Waals surface area contributed by atoms with Crippen molar-refractivity contribution in [1.82, 2.24) is 19.5 Å².